The molecule has 5 aromatic rings. The van der Waals surface area contributed by atoms with E-state index >= 15 is 0 Å². The summed E-state index contributed by atoms with van der Waals surface area (Å²) in [6, 6.07) is 14.8. The summed E-state index contributed by atoms with van der Waals surface area (Å²) in [4.78, 5) is 32.0. The Morgan fingerprint density at radius 3 is 2.49 bits per heavy atom. The predicted molar refractivity (Wildman–Crippen MR) is 187 cm³/mol. The van der Waals surface area contributed by atoms with E-state index in [4.69, 9.17) is 21.3 Å². The molecule has 4 heterocycles. The van der Waals surface area contributed by atoms with Crippen LogP contribution in [-0.4, -0.2) is 46.4 Å². The van der Waals surface area contributed by atoms with Crippen molar-refractivity contribution in [1.29, 1.82) is 0 Å². The molecular weight excluding hydrogens is 652 g/mol. The third-order valence-electron chi connectivity index (χ3n) is 8.93. The van der Waals surface area contributed by atoms with Crippen LogP contribution in [0.3, 0.4) is 0 Å². The highest BCUT2D eigenvalue weighted by Crippen LogP contribution is 2.43. The van der Waals surface area contributed by atoms with Gasteiger partial charge in [-0.25, -0.2) is 23.4 Å². The summed E-state index contributed by atoms with van der Waals surface area (Å²) in [5.41, 5.74) is 5.82. The van der Waals surface area contributed by atoms with Crippen molar-refractivity contribution in [2.75, 3.05) is 26.0 Å². The number of aromatic nitrogens is 4. The average Bonchev–Trinajstić information content (AvgIpc) is 3.76. The van der Waals surface area contributed by atoms with Gasteiger partial charge in [-0.1, -0.05) is 41.9 Å². The molecule has 13 heteroatoms. The van der Waals surface area contributed by atoms with Crippen molar-refractivity contribution < 1.29 is 18.3 Å². The number of rotatable bonds is 7. The minimum atomic E-state index is -2.82. The fourth-order valence-electron chi connectivity index (χ4n) is 6.36. The number of benzene rings is 2. The molecule has 3 aromatic heterocycles. The first kappa shape index (κ1) is 33.9. The molecule has 1 aliphatic carbocycles. The van der Waals surface area contributed by atoms with Gasteiger partial charge < -0.3 is 20.7 Å². The van der Waals surface area contributed by atoms with Gasteiger partial charge in [-0.05, 0) is 68.1 Å². The molecule has 1 aliphatic heterocycles. The lowest BCUT2D eigenvalue weighted by Gasteiger charge is -2.18. The molecule has 0 saturated carbocycles. The molecule has 49 heavy (non-hydrogen) atoms. The number of anilines is 2. The Morgan fingerprint density at radius 2 is 1.82 bits per heavy atom. The lowest BCUT2D eigenvalue weighted by atomic mass is 9.96. The maximum absolute atomic E-state index is 13.7. The van der Waals surface area contributed by atoms with Gasteiger partial charge in [-0.15, -0.1) is 0 Å². The molecule has 3 N–H and O–H groups in total. The second-order valence-electron chi connectivity index (χ2n) is 11.9. The maximum atomic E-state index is 13.7. The highest BCUT2D eigenvalue weighted by atomic mass is 35.5. The number of carbonyl (C=O) groups is 1. The third kappa shape index (κ3) is 6.70. The van der Waals surface area contributed by atoms with Crippen molar-refractivity contribution >= 4 is 39.8 Å². The Labute approximate surface area is 286 Å². The monoisotopic (exact) mass is 687 g/mol. The molecule has 1 fully saturated rings. The number of pyridine rings is 2. The van der Waals surface area contributed by atoms with Gasteiger partial charge >= 0.3 is 0 Å². The normalized spacial score (nSPS) is 15.2. The number of aryl methyl sites for hydroxylation is 2. The second kappa shape index (κ2) is 14.3. The van der Waals surface area contributed by atoms with Crippen LogP contribution in [0.1, 0.15) is 54.1 Å². The molecule has 1 amide bonds. The molecule has 7 rings (SSSR count). The lowest BCUT2D eigenvalue weighted by Crippen LogP contribution is -2.20. The average molecular weight is 688 g/mol. The number of methoxy groups -OCH3 is 1. The standard InChI is InChI=1S/C32H29ClF2N6O2.C4H7NO/c1-16-19(7-6-10-22(16)38-30-27-18(14-25(39-30)29(34)35)15-37-41(3)32(27)42)20-8-5-9-21(28(20)33)24-13-17-11-12-23(36-2)26(17)31(40-24)43-4;6-4-2-1-3-5-4/h5-10,13-15,23,29,36H,11-12H2,1-4H3,(H,38,39);1-3H2,(H,5,6). The molecule has 2 aromatic carbocycles. The van der Waals surface area contributed by atoms with Gasteiger partial charge in [-0.3, -0.25) is 9.59 Å². The lowest BCUT2D eigenvalue weighted by molar-refractivity contribution is -0.119. The zero-order chi connectivity index (χ0) is 34.8. The van der Waals surface area contributed by atoms with Crippen LogP contribution < -0.4 is 26.2 Å². The van der Waals surface area contributed by atoms with E-state index in [0.717, 1.165) is 70.4 Å². The van der Waals surface area contributed by atoms with Crippen LogP contribution in [0.25, 0.3) is 33.2 Å². The first-order chi connectivity index (χ1) is 23.6. The molecule has 1 unspecified atom stereocenters. The number of ether oxygens (including phenoxy) is 1. The summed E-state index contributed by atoms with van der Waals surface area (Å²) in [5.74, 6) is 0.820. The number of amides is 1. The molecule has 0 radical (unpaired) electrons. The number of halogens is 3. The van der Waals surface area contributed by atoms with Crippen molar-refractivity contribution in [3.05, 3.63) is 92.5 Å². The van der Waals surface area contributed by atoms with E-state index < -0.39 is 17.7 Å². The zero-order valence-corrected chi connectivity index (χ0v) is 28.3. The number of fused-ring (bicyclic) bond motifs is 2. The van der Waals surface area contributed by atoms with E-state index in [0.29, 0.717) is 16.6 Å². The molecule has 10 nitrogen and oxygen atoms in total. The van der Waals surface area contributed by atoms with Crippen molar-refractivity contribution in [2.24, 2.45) is 7.05 Å². The Morgan fingerprint density at radius 1 is 1.06 bits per heavy atom. The highest BCUT2D eigenvalue weighted by Gasteiger charge is 2.28. The van der Waals surface area contributed by atoms with Gasteiger partial charge in [0.1, 0.15) is 11.5 Å². The van der Waals surface area contributed by atoms with Gasteiger partial charge in [0, 0.05) is 53.8 Å². The number of alkyl halides is 2. The van der Waals surface area contributed by atoms with Crippen LogP contribution in [0.15, 0.2) is 59.5 Å². The molecule has 0 spiro atoms. The number of nitrogens with one attached hydrogen (secondary N) is 3. The first-order valence-corrected chi connectivity index (χ1v) is 16.3. The van der Waals surface area contributed by atoms with E-state index in [1.807, 2.05) is 44.3 Å². The van der Waals surface area contributed by atoms with Gasteiger partial charge in [-0.2, -0.15) is 5.10 Å². The Kier molecular flexibility index (Phi) is 9.89. The summed E-state index contributed by atoms with van der Waals surface area (Å²) < 4.78 is 34.3. The highest BCUT2D eigenvalue weighted by molar-refractivity contribution is 6.36. The van der Waals surface area contributed by atoms with Crippen LogP contribution in [0.5, 0.6) is 5.88 Å². The Bertz CT molecular complexity index is 2110. The number of carbonyl (C=O) groups excluding carboxylic acids is 1. The van der Waals surface area contributed by atoms with Gasteiger partial charge in [0.25, 0.3) is 12.0 Å². The second-order valence-corrected chi connectivity index (χ2v) is 12.3. The van der Waals surface area contributed by atoms with Gasteiger partial charge in [0.2, 0.25) is 11.8 Å². The van der Waals surface area contributed by atoms with Gasteiger partial charge in [0.05, 0.1) is 29.4 Å². The van der Waals surface area contributed by atoms with Crippen LogP contribution in [0.4, 0.5) is 20.3 Å². The topological polar surface area (TPSA) is 123 Å². The maximum Gasteiger partial charge on any atom is 0.280 e. The molecule has 1 saturated heterocycles. The largest absolute Gasteiger partial charge is 0.481 e. The quantitative estimate of drug-likeness (QED) is 0.171. The number of hydrogen-bond donors (Lipinski definition) is 3. The van der Waals surface area contributed by atoms with E-state index in [-0.39, 0.29) is 28.5 Å². The Balaban J connectivity index is 0.000000628. The van der Waals surface area contributed by atoms with E-state index in [2.05, 4.69) is 32.1 Å². The fraction of sp³-hybridized carbons (Fsp3) is 0.306. The molecular formula is C36H36ClF2N7O3. The zero-order valence-electron chi connectivity index (χ0n) is 27.5. The fourth-order valence-corrected chi connectivity index (χ4v) is 6.68. The number of nitrogens with zero attached hydrogens (tertiary/aromatic N) is 4. The SMILES string of the molecule is CNC1CCc2cc(-c3cccc(-c4cccc(Nc5nc(C(F)F)cc6cnn(C)c(=O)c56)c4C)c3Cl)nc(OC)c21.O=C1CCCN1. The first-order valence-electron chi connectivity index (χ1n) is 15.9. The van der Waals surface area contributed by atoms with E-state index in [1.54, 1.807) is 13.2 Å². The van der Waals surface area contributed by atoms with Crippen molar-refractivity contribution in [2.45, 2.75) is 45.1 Å². The minimum Gasteiger partial charge on any atom is -0.481 e. The third-order valence-corrected chi connectivity index (χ3v) is 9.33. The van der Waals surface area contributed by atoms with Crippen molar-refractivity contribution in [3.8, 4) is 28.3 Å². The van der Waals surface area contributed by atoms with Crippen LogP contribution in [0.2, 0.25) is 5.02 Å². The summed E-state index contributed by atoms with van der Waals surface area (Å²) >= 11 is 7.08. The van der Waals surface area contributed by atoms with Crippen LogP contribution in [0, 0.1) is 6.92 Å². The van der Waals surface area contributed by atoms with Crippen LogP contribution in [-0.2, 0) is 18.3 Å². The smallest absolute Gasteiger partial charge is 0.280 e. The molecule has 254 valence electrons. The summed E-state index contributed by atoms with van der Waals surface area (Å²) in [7, 11) is 5.06. The van der Waals surface area contributed by atoms with Crippen molar-refractivity contribution in [1.82, 2.24) is 30.4 Å². The number of hydrogen-bond acceptors (Lipinski definition) is 8. The summed E-state index contributed by atoms with van der Waals surface area (Å²) in [5, 5.41) is 14.1. The Hall–Kier alpha value is -4.94. The van der Waals surface area contributed by atoms with Crippen LogP contribution >= 0.6 is 11.6 Å². The summed E-state index contributed by atoms with van der Waals surface area (Å²) in [6.07, 6.45) is 2.20. The van der Waals surface area contributed by atoms with Crippen molar-refractivity contribution in [3.63, 3.8) is 0 Å². The van der Waals surface area contributed by atoms with Gasteiger partial charge in [0.15, 0.2) is 0 Å². The van der Waals surface area contributed by atoms with E-state index in [9.17, 15) is 18.4 Å². The predicted octanol–water partition coefficient (Wildman–Crippen LogP) is 6.81. The molecule has 1 atom stereocenters. The molecule has 2 aliphatic rings. The molecule has 0 bridgehead atoms. The summed E-state index contributed by atoms with van der Waals surface area (Å²) in [6.45, 7) is 2.78. The minimum absolute atomic E-state index is 0.0326. The van der Waals surface area contributed by atoms with E-state index in [1.165, 1.54) is 24.9 Å².